The maximum absolute atomic E-state index is 12.9. The Balaban J connectivity index is 1.32. The van der Waals surface area contributed by atoms with Crippen LogP contribution in [0, 0.1) is 6.92 Å². The van der Waals surface area contributed by atoms with Crippen molar-refractivity contribution in [2.75, 3.05) is 19.9 Å². The third-order valence-electron chi connectivity index (χ3n) is 5.31. The van der Waals surface area contributed by atoms with Crippen LogP contribution in [0.2, 0.25) is 0 Å². The van der Waals surface area contributed by atoms with E-state index in [1.807, 2.05) is 43.3 Å². The summed E-state index contributed by atoms with van der Waals surface area (Å²) in [5.74, 6) is 0.950. The summed E-state index contributed by atoms with van der Waals surface area (Å²) < 4.78 is 16.1. The first-order chi connectivity index (χ1) is 14.4. The number of nitrogens with one attached hydrogen (secondary N) is 1. The lowest BCUT2D eigenvalue weighted by Gasteiger charge is -2.23. The molecule has 158 valence electrons. The van der Waals surface area contributed by atoms with E-state index < -0.39 is 23.6 Å². The quantitative estimate of drug-likeness (QED) is 0.676. The minimum atomic E-state index is -1.15. The Morgan fingerprint density at radius 1 is 1.17 bits per heavy atom. The largest absolute Gasteiger partial charge is 0.454 e. The smallest absolute Gasteiger partial charge is 0.325 e. The summed E-state index contributed by atoms with van der Waals surface area (Å²) in [6.45, 7) is 3.91. The van der Waals surface area contributed by atoms with E-state index in [1.54, 1.807) is 13.0 Å². The van der Waals surface area contributed by atoms with Gasteiger partial charge in [0.15, 0.2) is 11.5 Å². The molecule has 0 saturated carbocycles. The lowest BCUT2D eigenvalue weighted by atomic mass is 9.91. The third-order valence-corrected chi connectivity index (χ3v) is 5.31. The minimum absolute atomic E-state index is 0.0211. The van der Waals surface area contributed by atoms with Gasteiger partial charge in [0.2, 0.25) is 6.79 Å². The molecule has 2 N–H and O–H groups in total. The number of carbonyl (C=O) groups excluding carboxylic acids is 2. The fraction of sp³-hybridized carbons (Fsp3) is 0.364. The van der Waals surface area contributed by atoms with Crippen LogP contribution < -0.4 is 14.8 Å². The molecular formula is C22H24N2O6. The Labute approximate surface area is 174 Å². The number of carbonyl (C=O) groups is 2. The Hall–Kier alpha value is -3.10. The highest BCUT2D eigenvalue weighted by Gasteiger charge is 2.49. The molecule has 0 aromatic heterocycles. The van der Waals surface area contributed by atoms with Gasteiger partial charge in [-0.15, -0.1) is 0 Å². The van der Waals surface area contributed by atoms with Crippen LogP contribution in [0.5, 0.6) is 11.5 Å². The Bertz CT molecular complexity index is 961. The monoisotopic (exact) mass is 412 g/mol. The highest BCUT2D eigenvalue weighted by atomic mass is 16.7. The van der Waals surface area contributed by atoms with Crippen molar-refractivity contribution in [2.45, 2.75) is 32.1 Å². The van der Waals surface area contributed by atoms with Crippen LogP contribution >= 0.6 is 0 Å². The van der Waals surface area contributed by atoms with Crippen molar-refractivity contribution in [1.29, 1.82) is 0 Å². The number of rotatable bonds is 7. The number of hydrogen-bond donors (Lipinski definition) is 2. The van der Waals surface area contributed by atoms with Crippen LogP contribution in [0.1, 0.15) is 23.6 Å². The van der Waals surface area contributed by atoms with Crippen molar-refractivity contribution < 1.29 is 28.9 Å². The first kappa shape index (κ1) is 20.2. The van der Waals surface area contributed by atoms with Gasteiger partial charge >= 0.3 is 6.03 Å². The van der Waals surface area contributed by atoms with Crippen LogP contribution in [0.3, 0.4) is 0 Å². The van der Waals surface area contributed by atoms with E-state index in [1.165, 1.54) is 0 Å². The molecule has 8 heteroatoms. The summed E-state index contributed by atoms with van der Waals surface area (Å²) in [7, 11) is 0. The van der Waals surface area contributed by atoms with Crippen LogP contribution in [0.4, 0.5) is 4.79 Å². The van der Waals surface area contributed by atoms with Gasteiger partial charge in [-0.25, -0.2) is 4.79 Å². The zero-order valence-electron chi connectivity index (χ0n) is 16.9. The van der Waals surface area contributed by atoms with E-state index in [4.69, 9.17) is 14.2 Å². The van der Waals surface area contributed by atoms with Gasteiger partial charge in [-0.05, 0) is 37.1 Å². The number of hydrogen-bond acceptors (Lipinski definition) is 6. The van der Waals surface area contributed by atoms with Crippen LogP contribution in [0.15, 0.2) is 42.5 Å². The number of benzene rings is 2. The van der Waals surface area contributed by atoms with Crippen molar-refractivity contribution in [3.8, 4) is 11.5 Å². The molecule has 4 rings (SSSR count). The van der Waals surface area contributed by atoms with Gasteiger partial charge < -0.3 is 24.6 Å². The van der Waals surface area contributed by atoms with Gasteiger partial charge in [-0.2, -0.15) is 0 Å². The normalized spacial score (nSPS) is 21.1. The van der Waals surface area contributed by atoms with Crippen molar-refractivity contribution in [3.63, 3.8) is 0 Å². The molecule has 3 amide bonds. The topological polar surface area (TPSA) is 97.3 Å². The molecule has 2 aliphatic heterocycles. The van der Waals surface area contributed by atoms with Gasteiger partial charge in [0.05, 0.1) is 25.9 Å². The minimum Gasteiger partial charge on any atom is -0.454 e. The molecule has 2 atom stereocenters. The van der Waals surface area contributed by atoms with Crippen LogP contribution in [-0.2, 0) is 21.7 Å². The molecule has 0 bridgehead atoms. The Morgan fingerprint density at radius 3 is 2.67 bits per heavy atom. The predicted octanol–water partition coefficient (Wildman–Crippen LogP) is 2.07. The Kier molecular flexibility index (Phi) is 5.36. The zero-order valence-corrected chi connectivity index (χ0v) is 16.9. The number of imide groups is 1. The second-order valence-corrected chi connectivity index (χ2v) is 7.69. The molecule has 8 nitrogen and oxygen atoms in total. The molecule has 2 aliphatic rings. The number of ether oxygens (including phenoxy) is 3. The van der Waals surface area contributed by atoms with Crippen molar-refractivity contribution in [2.24, 2.45) is 0 Å². The van der Waals surface area contributed by atoms with E-state index in [9.17, 15) is 14.7 Å². The summed E-state index contributed by atoms with van der Waals surface area (Å²) in [4.78, 5) is 26.4. The molecule has 0 aliphatic carbocycles. The highest BCUT2D eigenvalue weighted by molar-refractivity contribution is 6.07. The number of aliphatic hydroxyl groups excluding tert-OH is 1. The first-order valence-electron chi connectivity index (χ1n) is 9.72. The van der Waals surface area contributed by atoms with E-state index in [-0.39, 0.29) is 26.6 Å². The number of aliphatic hydroxyl groups is 1. The summed E-state index contributed by atoms with van der Waals surface area (Å²) >= 11 is 0. The molecule has 0 radical (unpaired) electrons. The van der Waals surface area contributed by atoms with Crippen LogP contribution in [-0.4, -0.2) is 48.0 Å². The predicted molar refractivity (Wildman–Crippen MR) is 107 cm³/mol. The second-order valence-electron chi connectivity index (χ2n) is 7.69. The number of aryl methyl sites for hydroxylation is 1. The second kappa shape index (κ2) is 7.97. The lowest BCUT2D eigenvalue weighted by Crippen LogP contribution is -2.42. The maximum Gasteiger partial charge on any atom is 0.325 e. The van der Waals surface area contributed by atoms with E-state index in [0.717, 1.165) is 16.0 Å². The lowest BCUT2D eigenvalue weighted by molar-refractivity contribution is -0.132. The first-order valence-corrected chi connectivity index (χ1v) is 9.72. The van der Waals surface area contributed by atoms with Gasteiger partial charge in [0.25, 0.3) is 5.91 Å². The molecule has 2 aromatic carbocycles. The summed E-state index contributed by atoms with van der Waals surface area (Å²) in [6, 6.07) is 12.4. The number of amides is 3. The van der Waals surface area contributed by atoms with Crippen molar-refractivity contribution >= 4 is 11.9 Å². The van der Waals surface area contributed by atoms with Crippen molar-refractivity contribution in [1.82, 2.24) is 10.2 Å². The summed E-state index contributed by atoms with van der Waals surface area (Å²) in [5.41, 5.74) is 1.47. The van der Waals surface area contributed by atoms with E-state index in [2.05, 4.69) is 5.32 Å². The van der Waals surface area contributed by atoms with Gasteiger partial charge in [-0.1, -0.05) is 35.9 Å². The average Bonchev–Trinajstić information content (AvgIpc) is 3.27. The Morgan fingerprint density at radius 2 is 1.90 bits per heavy atom. The standard InChI is InChI=1S/C22H24N2O6/c1-14-3-6-16(7-4-14)22(2)20(26)24(21(27)23-22)10-17(25)12-28-11-15-5-8-18-19(9-15)30-13-29-18/h3-9,17,25H,10-13H2,1-2H3,(H,23,27)/t17-,22-/m0/s1. The summed E-state index contributed by atoms with van der Waals surface area (Å²) in [5, 5.41) is 13.0. The number of urea groups is 1. The molecule has 2 aromatic rings. The molecular weight excluding hydrogens is 388 g/mol. The fourth-order valence-electron chi connectivity index (χ4n) is 3.55. The summed E-state index contributed by atoms with van der Waals surface area (Å²) in [6.07, 6.45) is -1.01. The molecule has 0 unspecified atom stereocenters. The third kappa shape index (κ3) is 3.83. The van der Waals surface area contributed by atoms with Gasteiger partial charge in [0.1, 0.15) is 5.54 Å². The highest BCUT2D eigenvalue weighted by Crippen LogP contribution is 2.33. The number of nitrogens with zero attached hydrogens (tertiary/aromatic N) is 1. The molecule has 1 saturated heterocycles. The number of fused-ring (bicyclic) bond motifs is 1. The molecule has 30 heavy (non-hydrogen) atoms. The number of β-amino-alcohol motifs (C(OH)–C–C–N with tert-alkyl or cyclic N) is 1. The van der Waals surface area contributed by atoms with Gasteiger partial charge in [-0.3, -0.25) is 9.69 Å². The maximum atomic E-state index is 12.9. The SMILES string of the molecule is Cc1ccc([C@]2(C)NC(=O)N(C[C@H](O)COCc3ccc4c(c3)OCO4)C2=O)cc1. The van der Waals surface area contributed by atoms with E-state index >= 15 is 0 Å². The molecule has 1 fully saturated rings. The van der Waals surface area contributed by atoms with Crippen molar-refractivity contribution in [3.05, 3.63) is 59.2 Å². The molecule has 0 spiro atoms. The van der Waals surface area contributed by atoms with Crippen LogP contribution in [0.25, 0.3) is 0 Å². The zero-order chi connectivity index (χ0) is 21.3. The average molecular weight is 412 g/mol. The van der Waals surface area contributed by atoms with Gasteiger partial charge in [0, 0.05) is 0 Å². The molecule has 2 heterocycles. The fourth-order valence-corrected chi connectivity index (χ4v) is 3.55. The van der Waals surface area contributed by atoms with E-state index in [0.29, 0.717) is 17.1 Å².